The molecule has 2 aliphatic rings. The van der Waals surface area contributed by atoms with Crippen LogP contribution in [0.5, 0.6) is 0 Å². The van der Waals surface area contributed by atoms with Gasteiger partial charge in [0.05, 0.1) is 17.3 Å². The van der Waals surface area contributed by atoms with Crippen LogP contribution in [0.25, 0.3) is 0 Å². The van der Waals surface area contributed by atoms with Gasteiger partial charge in [0.1, 0.15) is 11.8 Å². The fourth-order valence-electron chi connectivity index (χ4n) is 4.17. The number of aryl methyl sites for hydroxylation is 1. The monoisotopic (exact) mass is 362 g/mol. The van der Waals surface area contributed by atoms with Crippen LogP contribution in [0.4, 0.5) is 0 Å². The lowest BCUT2D eigenvalue weighted by Crippen LogP contribution is -2.44. The number of hydrogen-bond donors (Lipinski definition) is 3. The van der Waals surface area contributed by atoms with Crippen molar-refractivity contribution in [3.63, 3.8) is 0 Å². The molecular weight excluding hydrogens is 340 g/mol. The normalized spacial score (nSPS) is 26.8. The fourth-order valence-corrected chi connectivity index (χ4v) is 4.17. The zero-order valence-corrected chi connectivity index (χ0v) is 15.1. The van der Waals surface area contributed by atoms with Gasteiger partial charge in [-0.2, -0.15) is 5.26 Å². The molecule has 0 spiro atoms. The van der Waals surface area contributed by atoms with Crippen molar-refractivity contribution in [2.75, 3.05) is 0 Å². The Hall–Kier alpha value is -2.82. The van der Waals surface area contributed by atoms with Crippen LogP contribution in [0.1, 0.15) is 52.6 Å². The van der Waals surface area contributed by atoms with E-state index < -0.39 is 0 Å². The highest BCUT2D eigenvalue weighted by molar-refractivity contribution is 5.93. The van der Waals surface area contributed by atoms with E-state index in [0.29, 0.717) is 23.2 Å². The largest absolute Gasteiger partial charge is 0.348 e. The van der Waals surface area contributed by atoms with Gasteiger partial charge in [-0.05, 0) is 55.9 Å². The second-order valence-electron chi connectivity index (χ2n) is 7.28. The van der Waals surface area contributed by atoms with Crippen LogP contribution in [0.15, 0.2) is 36.7 Å². The Morgan fingerprint density at radius 3 is 2.93 bits per heavy atom. The number of aromatic nitrogens is 2. The molecule has 2 aromatic heterocycles. The maximum atomic E-state index is 12.7. The molecule has 3 heterocycles. The molecule has 1 saturated heterocycles. The number of hydrazine groups is 1. The first-order chi connectivity index (χ1) is 13.2. The van der Waals surface area contributed by atoms with Crippen LogP contribution in [0.3, 0.4) is 0 Å². The van der Waals surface area contributed by atoms with Gasteiger partial charge in [0.15, 0.2) is 0 Å². The van der Waals surface area contributed by atoms with Gasteiger partial charge in [-0.3, -0.25) is 15.2 Å². The molecule has 1 saturated carbocycles. The molecule has 4 rings (SSSR count). The predicted molar refractivity (Wildman–Crippen MR) is 99.3 cm³/mol. The molecule has 4 unspecified atom stereocenters. The van der Waals surface area contributed by atoms with E-state index in [1.807, 2.05) is 37.4 Å². The molecule has 4 atom stereocenters. The Labute approximate surface area is 158 Å². The number of rotatable bonds is 3. The minimum absolute atomic E-state index is 0.100. The maximum Gasteiger partial charge on any atom is 0.270 e. The molecule has 138 valence electrons. The summed E-state index contributed by atoms with van der Waals surface area (Å²) in [6, 6.07) is 10.3. The van der Waals surface area contributed by atoms with Crippen molar-refractivity contribution in [2.45, 2.75) is 44.3 Å². The summed E-state index contributed by atoms with van der Waals surface area (Å²) in [5.41, 5.74) is 9.36. The number of nitriles is 1. The number of nitrogens with one attached hydrogen (secondary N) is 3. The molecule has 7 heteroatoms. The summed E-state index contributed by atoms with van der Waals surface area (Å²) in [5.74, 6) is 0.197. The molecule has 3 N–H and O–H groups in total. The molecule has 2 fully saturated rings. The summed E-state index contributed by atoms with van der Waals surface area (Å²) in [5, 5.41) is 12.1. The van der Waals surface area contributed by atoms with Gasteiger partial charge in [0.2, 0.25) is 0 Å². The molecule has 0 aromatic carbocycles. The van der Waals surface area contributed by atoms with Crippen molar-refractivity contribution in [3.8, 4) is 6.07 Å². The average Bonchev–Trinajstić information content (AvgIpc) is 3.11. The van der Waals surface area contributed by atoms with Crippen LogP contribution in [-0.4, -0.2) is 28.0 Å². The standard InChI is InChI=1S/C20H22N6O/c1-12-8-13(10-21)11-23-18(12)20(27)24-14-5-6-16-15(9-14)19(26-25-16)17-4-2-3-7-22-17/h2-4,7-8,11,14-16,19,25-26H,5-6,9H2,1H3,(H,24,27). The molecular formula is C20H22N6O. The van der Waals surface area contributed by atoms with Gasteiger partial charge < -0.3 is 5.32 Å². The third-order valence-corrected chi connectivity index (χ3v) is 5.52. The van der Waals surface area contributed by atoms with Crippen LogP contribution >= 0.6 is 0 Å². The van der Waals surface area contributed by atoms with E-state index in [4.69, 9.17) is 5.26 Å². The van der Waals surface area contributed by atoms with E-state index in [1.54, 1.807) is 6.07 Å². The molecule has 27 heavy (non-hydrogen) atoms. The van der Waals surface area contributed by atoms with Gasteiger partial charge >= 0.3 is 0 Å². The van der Waals surface area contributed by atoms with Gasteiger partial charge in [0.25, 0.3) is 5.91 Å². The summed E-state index contributed by atoms with van der Waals surface area (Å²) in [7, 11) is 0. The molecule has 2 aromatic rings. The predicted octanol–water partition coefficient (Wildman–Crippen LogP) is 1.77. The third-order valence-electron chi connectivity index (χ3n) is 5.52. The SMILES string of the molecule is Cc1cc(C#N)cnc1C(=O)NC1CCC2NNC(c3ccccn3)C2C1. The molecule has 0 bridgehead atoms. The minimum atomic E-state index is -0.172. The summed E-state index contributed by atoms with van der Waals surface area (Å²) in [4.78, 5) is 21.3. The Morgan fingerprint density at radius 2 is 2.19 bits per heavy atom. The summed E-state index contributed by atoms with van der Waals surface area (Å²) in [6.07, 6.45) is 6.05. The number of amides is 1. The van der Waals surface area contributed by atoms with Crippen molar-refractivity contribution in [1.82, 2.24) is 26.1 Å². The molecule has 1 aliphatic heterocycles. The molecule has 1 amide bonds. The lowest BCUT2D eigenvalue weighted by Gasteiger charge is -2.33. The number of pyridine rings is 2. The molecule has 1 aliphatic carbocycles. The van der Waals surface area contributed by atoms with E-state index in [2.05, 4.69) is 26.1 Å². The number of nitrogens with zero attached hydrogens (tertiary/aromatic N) is 3. The Balaban J connectivity index is 1.45. The average molecular weight is 362 g/mol. The first kappa shape index (κ1) is 17.6. The second kappa shape index (κ2) is 7.43. The Morgan fingerprint density at radius 1 is 1.30 bits per heavy atom. The highest BCUT2D eigenvalue weighted by atomic mass is 16.1. The number of fused-ring (bicyclic) bond motifs is 1. The van der Waals surface area contributed by atoms with Gasteiger partial charge in [-0.25, -0.2) is 10.4 Å². The van der Waals surface area contributed by atoms with E-state index in [-0.39, 0.29) is 18.0 Å². The quantitative estimate of drug-likeness (QED) is 0.769. The van der Waals surface area contributed by atoms with Crippen LogP contribution < -0.4 is 16.2 Å². The summed E-state index contributed by atoms with van der Waals surface area (Å²) >= 11 is 0. The van der Waals surface area contributed by atoms with Gasteiger partial charge in [0, 0.05) is 24.5 Å². The maximum absolute atomic E-state index is 12.7. The van der Waals surface area contributed by atoms with Crippen molar-refractivity contribution in [1.29, 1.82) is 5.26 Å². The number of carbonyl (C=O) groups is 1. The minimum Gasteiger partial charge on any atom is -0.348 e. The van der Waals surface area contributed by atoms with Crippen LogP contribution in [0, 0.1) is 24.2 Å². The van der Waals surface area contributed by atoms with Gasteiger partial charge in [-0.15, -0.1) is 0 Å². The highest BCUT2D eigenvalue weighted by Gasteiger charge is 2.41. The Kier molecular flexibility index (Phi) is 4.84. The number of hydrogen-bond acceptors (Lipinski definition) is 6. The van der Waals surface area contributed by atoms with E-state index in [1.165, 1.54) is 6.20 Å². The third kappa shape index (κ3) is 3.54. The van der Waals surface area contributed by atoms with Crippen molar-refractivity contribution >= 4 is 5.91 Å². The smallest absolute Gasteiger partial charge is 0.270 e. The molecule has 7 nitrogen and oxygen atoms in total. The highest BCUT2D eigenvalue weighted by Crippen LogP contribution is 2.37. The van der Waals surface area contributed by atoms with Crippen LogP contribution in [0.2, 0.25) is 0 Å². The van der Waals surface area contributed by atoms with Gasteiger partial charge in [-0.1, -0.05) is 6.07 Å². The van der Waals surface area contributed by atoms with E-state index in [0.717, 1.165) is 30.5 Å². The first-order valence-corrected chi connectivity index (χ1v) is 9.25. The number of carbonyl (C=O) groups excluding carboxylic acids is 1. The van der Waals surface area contributed by atoms with E-state index >= 15 is 0 Å². The lowest BCUT2D eigenvalue weighted by atomic mass is 9.78. The zero-order chi connectivity index (χ0) is 18.8. The summed E-state index contributed by atoms with van der Waals surface area (Å²) < 4.78 is 0. The molecule has 0 radical (unpaired) electrons. The second-order valence-corrected chi connectivity index (χ2v) is 7.28. The van der Waals surface area contributed by atoms with E-state index in [9.17, 15) is 4.79 Å². The fraction of sp³-hybridized carbons (Fsp3) is 0.400. The topological polar surface area (TPSA) is 103 Å². The van der Waals surface area contributed by atoms with Crippen molar-refractivity contribution in [3.05, 3.63) is 59.2 Å². The first-order valence-electron chi connectivity index (χ1n) is 9.25. The summed E-state index contributed by atoms with van der Waals surface area (Å²) in [6.45, 7) is 1.81. The van der Waals surface area contributed by atoms with Crippen molar-refractivity contribution in [2.24, 2.45) is 5.92 Å². The van der Waals surface area contributed by atoms with Crippen molar-refractivity contribution < 1.29 is 4.79 Å². The zero-order valence-electron chi connectivity index (χ0n) is 15.1. The Bertz CT molecular complexity index is 878. The van der Waals surface area contributed by atoms with Crippen LogP contribution in [-0.2, 0) is 0 Å². The lowest BCUT2D eigenvalue weighted by molar-refractivity contribution is 0.0909.